The number of hydrogen-bond donors (Lipinski definition) is 10. The summed E-state index contributed by atoms with van der Waals surface area (Å²) in [4.78, 5) is 110. The second-order valence-corrected chi connectivity index (χ2v) is 18.7. The van der Waals surface area contributed by atoms with Gasteiger partial charge in [0.15, 0.2) is 0 Å². The third kappa shape index (κ3) is 9.17. The number of fused-ring (bicyclic) bond motifs is 7. The Labute approximate surface area is 367 Å². The fraction of sp³-hybridized carbons (Fsp3) is 0.591. The van der Waals surface area contributed by atoms with Gasteiger partial charge in [-0.05, 0) is 75.3 Å². The first kappa shape index (κ1) is 48.7. The zero-order chi connectivity index (χ0) is 47.9. The van der Waals surface area contributed by atoms with E-state index < -0.39 is 144 Å². The number of aliphatic carboxylic acids is 8. The highest BCUT2D eigenvalue weighted by Crippen LogP contribution is 2.61. The number of carboxylic acid groups (broad SMARTS) is 8. The zero-order valence-electron chi connectivity index (χ0n) is 36.3. The minimum atomic E-state index is -1.55. The summed E-state index contributed by atoms with van der Waals surface area (Å²) in [6.07, 6.45) is -2.20. The molecular formula is C44H56N4O16. The lowest BCUT2D eigenvalue weighted by Gasteiger charge is -2.48. The summed E-state index contributed by atoms with van der Waals surface area (Å²) in [6.45, 7) is 8.12. The van der Waals surface area contributed by atoms with Gasteiger partial charge in [0.05, 0.1) is 54.2 Å². The number of allylic oxidation sites excluding steroid dienone is 6. The molecule has 10 N–H and O–H groups in total. The van der Waals surface area contributed by atoms with Crippen LogP contribution in [0.1, 0.15) is 118 Å². The van der Waals surface area contributed by atoms with Gasteiger partial charge in [0.2, 0.25) is 0 Å². The maximum Gasteiger partial charge on any atom is 0.307 e. The van der Waals surface area contributed by atoms with E-state index in [-0.39, 0.29) is 71.8 Å². The van der Waals surface area contributed by atoms with Crippen molar-refractivity contribution in [1.82, 2.24) is 10.6 Å². The van der Waals surface area contributed by atoms with E-state index in [0.717, 1.165) is 0 Å². The van der Waals surface area contributed by atoms with Gasteiger partial charge < -0.3 is 51.5 Å². The molecule has 0 spiro atoms. The fourth-order valence-electron chi connectivity index (χ4n) is 11.2. The lowest BCUT2D eigenvalue weighted by molar-refractivity contribution is -0.144. The molecule has 0 amide bonds. The molecule has 2 fully saturated rings. The van der Waals surface area contributed by atoms with Gasteiger partial charge in [-0.25, -0.2) is 0 Å². The van der Waals surface area contributed by atoms with E-state index in [9.17, 15) is 79.2 Å². The van der Waals surface area contributed by atoms with Crippen molar-refractivity contribution < 1.29 is 79.2 Å². The Morgan fingerprint density at radius 2 is 1.28 bits per heavy atom. The Morgan fingerprint density at radius 1 is 0.688 bits per heavy atom. The van der Waals surface area contributed by atoms with Crippen LogP contribution in [-0.2, 0) is 38.4 Å². The Bertz CT molecular complexity index is 2270. The van der Waals surface area contributed by atoms with Crippen molar-refractivity contribution in [2.24, 2.45) is 38.1 Å². The summed E-state index contributed by atoms with van der Waals surface area (Å²) in [7, 11) is 0. The van der Waals surface area contributed by atoms with Crippen LogP contribution in [0.15, 0.2) is 55.9 Å². The highest BCUT2D eigenvalue weighted by atomic mass is 16.4. The van der Waals surface area contributed by atoms with Gasteiger partial charge in [-0.15, -0.1) is 0 Å². The predicted molar refractivity (Wildman–Crippen MR) is 224 cm³/mol. The van der Waals surface area contributed by atoms with Crippen LogP contribution in [0.2, 0.25) is 0 Å². The predicted octanol–water partition coefficient (Wildman–Crippen LogP) is 4.32. The highest BCUT2D eigenvalue weighted by molar-refractivity contribution is 6.12. The SMILES string of the molecule is CC12CC3=C(CCC(=O)O)C(C)(CC(=O)O)C(=N3)C=C3NC(C)(C4NC(=CC(=N1)C(CCC(=O)O)=C2CC(=O)O)C(C)(CCC(=O)O)C4CC(=O)O)C(C)(CC(=O)O)C3CCC(=O)O. The third-order valence-electron chi connectivity index (χ3n) is 14.5. The van der Waals surface area contributed by atoms with Crippen molar-refractivity contribution in [3.8, 4) is 0 Å². The lowest BCUT2D eigenvalue weighted by Crippen LogP contribution is -2.63. The molecule has 0 aromatic carbocycles. The largest absolute Gasteiger partial charge is 0.481 e. The topological polar surface area (TPSA) is 347 Å². The minimum Gasteiger partial charge on any atom is -0.481 e. The average Bonchev–Trinajstić information content (AvgIpc) is 3.72. The Kier molecular flexibility index (Phi) is 13.4. The van der Waals surface area contributed by atoms with E-state index in [1.807, 2.05) is 0 Å². The molecule has 0 aliphatic carbocycles. The molecule has 20 heteroatoms. The Hall–Kier alpha value is -6.34. The number of rotatable bonds is 20. The maximum atomic E-state index is 13.0. The standard InChI is InChI=1S/C44H56N4O16/c1-40(13-12-34(55)56)25(15-36(59)60)39-44(5)42(3,20-38(63)64)23(8-11-33(53)54)27(48-44)17-30-41(2,19-37(61)62)22(7-10-32(51)52)28(45-30)18-43(4)24(14-35(57)58)21(6-9-31(49)50)26(47-43)16-29(40)46-39/h16-17,23,25,39,46,48H,6-15,18-20H2,1-5H3,(H,49,50)(H,51,52)(H,53,54)(H,55,56)(H,57,58)(H,59,60)(H,61,62)(H,63,64). The number of hydrogen-bond acceptors (Lipinski definition) is 12. The smallest absolute Gasteiger partial charge is 0.307 e. The lowest BCUT2D eigenvalue weighted by atomic mass is 9.57. The second kappa shape index (κ2) is 17.7. The van der Waals surface area contributed by atoms with Crippen molar-refractivity contribution in [1.29, 1.82) is 0 Å². The van der Waals surface area contributed by atoms with Gasteiger partial charge in [0, 0.05) is 77.3 Å². The summed E-state index contributed by atoms with van der Waals surface area (Å²) in [5.41, 5.74) is -5.83. The van der Waals surface area contributed by atoms with E-state index in [2.05, 4.69) is 10.6 Å². The minimum absolute atomic E-state index is 0.0946. The van der Waals surface area contributed by atoms with E-state index in [1.165, 1.54) is 12.2 Å². The zero-order valence-corrected chi connectivity index (χ0v) is 36.3. The molecule has 5 aliphatic heterocycles. The van der Waals surface area contributed by atoms with Gasteiger partial charge in [-0.2, -0.15) is 0 Å². The summed E-state index contributed by atoms with van der Waals surface area (Å²) < 4.78 is 0. The number of carbonyl (C=O) groups is 8. The summed E-state index contributed by atoms with van der Waals surface area (Å²) in [5, 5.41) is 88.4. The van der Waals surface area contributed by atoms with Crippen LogP contribution in [-0.4, -0.2) is 117 Å². The molecule has 0 aromatic rings. The molecule has 2 saturated heterocycles. The van der Waals surface area contributed by atoms with Crippen LogP contribution in [0, 0.1) is 28.1 Å². The van der Waals surface area contributed by atoms with E-state index in [1.54, 1.807) is 34.6 Å². The van der Waals surface area contributed by atoms with Crippen molar-refractivity contribution in [3.05, 3.63) is 46.0 Å². The molecule has 8 bridgehead atoms. The second-order valence-electron chi connectivity index (χ2n) is 18.7. The third-order valence-corrected chi connectivity index (χ3v) is 14.5. The molecule has 0 saturated carbocycles. The van der Waals surface area contributed by atoms with Gasteiger partial charge in [0.25, 0.3) is 0 Å². The van der Waals surface area contributed by atoms with Crippen molar-refractivity contribution in [2.75, 3.05) is 0 Å². The van der Waals surface area contributed by atoms with Crippen LogP contribution in [0.5, 0.6) is 0 Å². The first-order valence-electron chi connectivity index (χ1n) is 21.0. The average molecular weight is 897 g/mol. The molecule has 20 nitrogen and oxygen atoms in total. The monoisotopic (exact) mass is 896 g/mol. The van der Waals surface area contributed by atoms with E-state index in [0.29, 0.717) is 5.57 Å². The number of nitrogens with zero attached hydrogens (tertiary/aromatic N) is 2. The highest BCUT2D eigenvalue weighted by Gasteiger charge is 2.66. The quantitative estimate of drug-likeness (QED) is 0.0813. The van der Waals surface area contributed by atoms with Crippen molar-refractivity contribution in [3.63, 3.8) is 0 Å². The van der Waals surface area contributed by atoms with Crippen LogP contribution >= 0.6 is 0 Å². The molecule has 5 aliphatic rings. The number of nitrogens with one attached hydrogen (secondary N) is 2. The number of carboxylic acids is 8. The molecular weight excluding hydrogens is 840 g/mol. The van der Waals surface area contributed by atoms with Gasteiger partial charge in [-0.1, -0.05) is 13.8 Å². The molecule has 0 radical (unpaired) electrons. The fourth-order valence-corrected chi connectivity index (χ4v) is 11.2. The van der Waals surface area contributed by atoms with Crippen molar-refractivity contribution in [2.45, 2.75) is 135 Å². The summed E-state index contributed by atoms with van der Waals surface area (Å²) in [5.74, 6) is -12.0. The summed E-state index contributed by atoms with van der Waals surface area (Å²) in [6, 6.07) is -1.07. The molecule has 8 atom stereocenters. The van der Waals surface area contributed by atoms with Gasteiger partial charge >= 0.3 is 47.8 Å². The van der Waals surface area contributed by atoms with Crippen LogP contribution in [0.3, 0.4) is 0 Å². The van der Waals surface area contributed by atoms with Crippen LogP contribution in [0.25, 0.3) is 0 Å². The molecule has 5 rings (SSSR count). The molecule has 64 heavy (non-hydrogen) atoms. The molecule has 5 heterocycles. The Morgan fingerprint density at radius 3 is 1.83 bits per heavy atom. The number of aliphatic imine (C=N–C) groups is 2. The maximum absolute atomic E-state index is 13.0. The first-order valence-corrected chi connectivity index (χ1v) is 21.0. The molecule has 8 unspecified atom stereocenters. The Balaban J connectivity index is 1.98. The van der Waals surface area contributed by atoms with Crippen LogP contribution < -0.4 is 10.6 Å². The van der Waals surface area contributed by atoms with Gasteiger partial charge in [-0.3, -0.25) is 48.3 Å². The summed E-state index contributed by atoms with van der Waals surface area (Å²) >= 11 is 0. The van der Waals surface area contributed by atoms with E-state index >= 15 is 0 Å². The molecule has 348 valence electrons. The normalized spacial score (nSPS) is 31.7. The van der Waals surface area contributed by atoms with Crippen LogP contribution in [0.4, 0.5) is 0 Å². The first-order chi connectivity index (χ1) is 29.6. The molecule has 0 aromatic heterocycles. The van der Waals surface area contributed by atoms with Crippen molar-refractivity contribution >= 4 is 59.2 Å². The van der Waals surface area contributed by atoms with Gasteiger partial charge in [0.1, 0.15) is 0 Å². The van der Waals surface area contributed by atoms with E-state index in [4.69, 9.17) is 9.98 Å².